The third-order valence-corrected chi connectivity index (χ3v) is 8.25. The summed E-state index contributed by atoms with van der Waals surface area (Å²) in [6, 6.07) is 16.3. The molecule has 1 aliphatic rings. The quantitative estimate of drug-likeness (QED) is 0.542. The van der Waals surface area contributed by atoms with E-state index in [1.54, 1.807) is 26.2 Å². The van der Waals surface area contributed by atoms with E-state index in [1.165, 1.54) is 0 Å². The van der Waals surface area contributed by atoms with Crippen LogP contribution in [0.2, 0.25) is 0 Å². The fourth-order valence-corrected chi connectivity index (χ4v) is 6.20. The van der Waals surface area contributed by atoms with E-state index in [0.717, 1.165) is 24.0 Å². The monoisotopic (exact) mass is 461 g/mol. The lowest BCUT2D eigenvalue weighted by molar-refractivity contribution is -0.246. The van der Waals surface area contributed by atoms with Crippen molar-refractivity contribution in [3.8, 4) is 0 Å². The molecule has 0 bridgehead atoms. The maximum atomic E-state index is 13.8. The van der Waals surface area contributed by atoms with Crippen LogP contribution < -0.4 is 5.32 Å². The van der Waals surface area contributed by atoms with Gasteiger partial charge in [-0.2, -0.15) is 0 Å². The summed E-state index contributed by atoms with van der Waals surface area (Å²) in [4.78, 5) is 0.295. The minimum Gasteiger partial charge on any atom is -0.367 e. The lowest BCUT2D eigenvalue weighted by atomic mass is 9.98. The van der Waals surface area contributed by atoms with Crippen LogP contribution in [-0.2, 0) is 30.7 Å². The Balaban J connectivity index is 1.94. The van der Waals surface area contributed by atoms with Gasteiger partial charge in [-0.1, -0.05) is 61.4 Å². The van der Waals surface area contributed by atoms with Crippen LogP contribution in [-0.4, -0.2) is 51.9 Å². The highest BCUT2D eigenvalue weighted by molar-refractivity contribution is 7.92. The Hall–Kier alpha value is -1.77. The molecule has 2 aromatic rings. The Morgan fingerprint density at radius 2 is 1.75 bits per heavy atom. The van der Waals surface area contributed by atoms with Gasteiger partial charge in [0.1, 0.15) is 11.4 Å². The summed E-state index contributed by atoms with van der Waals surface area (Å²) < 4.78 is 45.4. The molecular weight excluding hydrogens is 426 g/mol. The van der Waals surface area contributed by atoms with Gasteiger partial charge >= 0.3 is 0 Å². The summed E-state index contributed by atoms with van der Waals surface area (Å²) in [6.07, 6.45) is 0.119. The highest BCUT2D eigenvalue weighted by Crippen LogP contribution is 2.32. The first-order valence-corrected chi connectivity index (χ1v) is 12.8. The zero-order chi connectivity index (χ0) is 23.1. The van der Waals surface area contributed by atoms with Gasteiger partial charge in [-0.25, -0.2) is 8.42 Å². The maximum absolute atomic E-state index is 13.8. The second-order valence-electron chi connectivity index (χ2n) is 8.36. The Kier molecular flexibility index (Phi) is 8.85. The van der Waals surface area contributed by atoms with Crippen LogP contribution in [0.1, 0.15) is 37.8 Å². The molecule has 0 unspecified atom stereocenters. The van der Waals surface area contributed by atoms with Crippen LogP contribution in [0.5, 0.6) is 0 Å². The average molecular weight is 462 g/mol. The van der Waals surface area contributed by atoms with E-state index in [1.807, 2.05) is 49.4 Å². The summed E-state index contributed by atoms with van der Waals surface area (Å²) >= 11 is 0. The second-order valence-corrected chi connectivity index (χ2v) is 10.5. The van der Waals surface area contributed by atoms with Gasteiger partial charge in [-0.3, -0.25) is 0 Å². The van der Waals surface area contributed by atoms with E-state index in [9.17, 15) is 8.42 Å². The molecule has 2 aromatic carbocycles. The first-order valence-electron chi connectivity index (χ1n) is 11.3. The molecule has 1 saturated heterocycles. The summed E-state index contributed by atoms with van der Waals surface area (Å²) in [5.74, 6) is 0. The number of hydrogen-bond donors (Lipinski definition) is 1. The molecule has 1 aliphatic heterocycles. The molecule has 1 fully saturated rings. The third kappa shape index (κ3) is 5.77. The van der Waals surface area contributed by atoms with E-state index in [2.05, 4.69) is 12.2 Å². The lowest BCUT2D eigenvalue weighted by Gasteiger charge is -2.45. The van der Waals surface area contributed by atoms with Crippen molar-refractivity contribution in [1.82, 2.24) is 5.32 Å². The third-order valence-electron chi connectivity index (χ3n) is 5.92. The Morgan fingerprint density at radius 1 is 1.06 bits per heavy atom. The highest BCUT2D eigenvalue weighted by atomic mass is 32.2. The van der Waals surface area contributed by atoms with Crippen LogP contribution in [0.15, 0.2) is 59.5 Å². The van der Waals surface area contributed by atoms with Crippen molar-refractivity contribution in [1.29, 1.82) is 0 Å². The number of aryl methyl sites for hydroxylation is 1. The SMILES string of the molecule is CCCCN[C@@H]1[C@@H](OCc2ccccc2)[C@@H](OC)O[C@H](C)[C@H]1S(=O)(=O)c1ccc(C)cc1. The second kappa shape index (κ2) is 11.4. The molecule has 0 aliphatic carbocycles. The first-order chi connectivity index (χ1) is 15.4. The summed E-state index contributed by atoms with van der Waals surface area (Å²) in [7, 11) is -2.12. The molecule has 5 atom stereocenters. The molecule has 0 aromatic heterocycles. The maximum Gasteiger partial charge on any atom is 0.185 e. The van der Waals surface area contributed by atoms with Gasteiger partial charge in [0.05, 0.1) is 23.6 Å². The van der Waals surface area contributed by atoms with Gasteiger partial charge < -0.3 is 19.5 Å². The van der Waals surface area contributed by atoms with Crippen molar-refractivity contribution >= 4 is 9.84 Å². The first kappa shape index (κ1) is 24.9. The number of benzene rings is 2. The molecule has 32 heavy (non-hydrogen) atoms. The summed E-state index contributed by atoms with van der Waals surface area (Å²) in [5, 5.41) is 2.67. The molecule has 0 amide bonds. The van der Waals surface area contributed by atoms with Crippen molar-refractivity contribution < 1.29 is 22.6 Å². The number of rotatable bonds is 10. The number of hydrogen-bond acceptors (Lipinski definition) is 6. The van der Waals surface area contributed by atoms with Gasteiger partial charge in [-0.05, 0) is 44.5 Å². The van der Waals surface area contributed by atoms with Crippen LogP contribution in [0, 0.1) is 6.92 Å². The standard InChI is InChI=1S/C25H35NO5S/c1-5-6-16-26-22-23(30-17-20-10-8-7-9-11-20)25(29-4)31-19(3)24(22)32(27,28)21-14-12-18(2)13-15-21/h7-15,19,22-26H,5-6,16-17H2,1-4H3/t19-,22-,23-,24-,25+/m1/s1. The normalized spacial score (nSPS) is 26.2. The lowest BCUT2D eigenvalue weighted by Crippen LogP contribution is -2.65. The molecule has 7 heteroatoms. The van der Waals surface area contributed by atoms with Crippen LogP contribution in [0.25, 0.3) is 0 Å². The number of nitrogens with one attached hydrogen (secondary N) is 1. The van der Waals surface area contributed by atoms with Crippen molar-refractivity contribution in [3.63, 3.8) is 0 Å². The fraction of sp³-hybridized carbons (Fsp3) is 0.520. The van der Waals surface area contributed by atoms with Gasteiger partial charge in [-0.15, -0.1) is 0 Å². The van der Waals surface area contributed by atoms with Crippen molar-refractivity contribution in [2.24, 2.45) is 0 Å². The van der Waals surface area contributed by atoms with E-state index in [4.69, 9.17) is 14.2 Å². The Labute approximate surface area is 192 Å². The molecule has 6 nitrogen and oxygen atoms in total. The topological polar surface area (TPSA) is 73.9 Å². The van der Waals surface area contributed by atoms with Gasteiger partial charge in [0.15, 0.2) is 16.1 Å². The van der Waals surface area contributed by atoms with Crippen molar-refractivity contribution in [3.05, 3.63) is 65.7 Å². The zero-order valence-corrected chi connectivity index (χ0v) is 20.2. The molecular formula is C25H35NO5S. The van der Waals surface area contributed by atoms with Crippen molar-refractivity contribution in [2.45, 2.75) is 74.9 Å². The largest absolute Gasteiger partial charge is 0.367 e. The minimum atomic E-state index is -3.68. The zero-order valence-electron chi connectivity index (χ0n) is 19.4. The van der Waals surface area contributed by atoms with E-state index < -0.39 is 39.6 Å². The number of methoxy groups -OCH3 is 1. The minimum absolute atomic E-state index is 0.295. The highest BCUT2D eigenvalue weighted by Gasteiger charge is 2.51. The van der Waals surface area contributed by atoms with E-state index in [-0.39, 0.29) is 0 Å². The van der Waals surface area contributed by atoms with Crippen molar-refractivity contribution in [2.75, 3.05) is 13.7 Å². The van der Waals surface area contributed by atoms with Gasteiger partial charge in [0.25, 0.3) is 0 Å². The number of sulfone groups is 1. The fourth-order valence-electron chi connectivity index (χ4n) is 4.16. The van der Waals surface area contributed by atoms with Crippen LogP contribution in [0.3, 0.4) is 0 Å². The smallest absolute Gasteiger partial charge is 0.185 e. The average Bonchev–Trinajstić information content (AvgIpc) is 2.79. The van der Waals surface area contributed by atoms with Crippen LogP contribution in [0.4, 0.5) is 0 Å². The Bertz CT molecular complexity index is 933. The number of ether oxygens (including phenoxy) is 3. The molecule has 1 heterocycles. The molecule has 0 radical (unpaired) electrons. The molecule has 176 valence electrons. The predicted octanol–water partition coefficient (Wildman–Crippen LogP) is 3.87. The molecule has 0 spiro atoms. The summed E-state index contributed by atoms with van der Waals surface area (Å²) in [6.45, 7) is 6.87. The van der Waals surface area contributed by atoms with Gasteiger partial charge in [0.2, 0.25) is 0 Å². The van der Waals surface area contributed by atoms with Crippen LogP contribution >= 0.6 is 0 Å². The van der Waals surface area contributed by atoms with E-state index in [0.29, 0.717) is 18.0 Å². The van der Waals surface area contributed by atoms with Gasteiger partial charge in [0, 0.05) is 7.11 Å². The summed E-state index contributed by atoms with van der Waals surface area (Å²) in [5.41, 5.74) is 2.02. The Morgan fingerprint density at radius 3 is 2.38 bits per heavy atom. The molecule has 3 rings (SSSR count). The molecule has 0 saturated carbocycles. The molecule has 1 N–H and O–H groups in total. The van der Waals surface area contributed by atoms with E-state index >= 15 is 0 Å². The predicted molar refractivity (Wildman–Crippen MR) is 125 cm³/mol. The number of unbranched alkanes of at least 4 members (excludes halogenated alkanes) is 1.